The molecule has 1 aliphatic carbocycles. The van der Waals surface area contributed by atoms with E-state index in [2.05, 4.69) is 13.8 Å². The minimum Gasteiger partial charge on any atom is -0.496 e. The van der Waals surface area contributed by atoms with E-state index in [9.17, 15) is 0 Å². The van der Waals surface area contributed by atoms with Gasteiger partial charge in [0, 0.05) is 24.5 Å². The van der Waals surface area contributed by atoms with Crippen molar-refractivity contribution in [3.8, 4) is 17.2 Å². The lowest BCUT2D eigenvalue weighted by Crippen LogP contribution is -2.69. The summed E-state index contributed by atoms with van der Waals surface area (Å²) in [5, 5.41) is 0. The minimum atomic E-state index is -0.795. The van der Waals surface area contributed by atoms with Crippen molar-refractivity contribution in [2.75, 3.05) is 21.3 Å². The number of benzene rings is 1. The Kier molecular flexibility index (Phi) is 5.16. The van der Waals surface area contributed by atoms with Crippen LogP contribution in [0.5, 0.6) is 17.2 Å². The van der Waals surface area contributed by atoms with Gasteiger partial charge in [-0.2, -0.15) is 0 Å². The van der Waals surface area contributed by atoms with E-state index in [1.54, 1.807) is 21.3 Å². The van der Waals surface area contributed by atoms with Crippen LogP contribution in [-0.4, -0.2) is 39.0 Å². The highest BCUT2D eigenvalue weighted by molar-refractivity contribution is 5.52. The second-order valence-corrected chi connectivity index (χ2v) is 9.77. The van der Waals surface area contributed by atoms with Gasteiger partial charge in [-0.05, 0) is 43.9 Å². The minimum absolute atomic E-state index is 0.150. The van der Waals surface area contributed by atoms with Crippen LogP contribution >= 0.6 is 0 Å². The summed E-state index contributed by atoms with van der Waals surface area (Å²) in [7, 11) is 4.95. The molecule has 1 spiro atoms. The van der Waals surface area contributed by atoms with Gasteiger partial charge < -0.3 is 23.7 Å². The fourth-order valence-corrected chi connectivity index (χ4v) is 6.55. The van der Waals surface area contributed by atoms with Gasteiger partial charge in [-0.25, -0.2) is 9.78 Å². The summed E-state index contributed by atoms with van der Waals surface area (Å²) in [6, 6.07) is 3.76. The van der Waals surface area contributed by atoms with E-state index < -0.39 is 17.7 Å². The molecule has 4 heterocycles. The quantitative estimate of drug-likeness (QED) is 0.640. The first kappa shape index (κ1) is 21.3. The van der Waals surface area contributed by atoms with E-state index in [1.165, 1.54) is 0 Å². The van der Waals surface area contributed by atoms with E-state index in [0.29, 0.717) is 29.1 Å². The molecule has 8 atom stereocenters. The van der Waals surface area contributed by atoms with Gasteiger partial charge >= 0.3 is 0 Å². The smallest absolute Gasteiger partial charge is 0.201 e. The molecule has 1 aromatic carbocycles. The van der Waals surface area contributed by atoms with Crippen LogP contribution in [0.3, 0.4) is 0 Å². The van der Waals surface area contributed by atoms with Gasteiger partial charge in [0.15, 0.2) is 11.9 Å². The first-order valence-corrected chi connectivity index (χ1v) is 11.4. The molecule has 2 bridgehead atoms. The molecule has 5 aliphatic rings. The molecule has 31 heavy (non-hydrogen) atoms. The van der Waals surface area contributed by atoms with E-state index in [1.807, 2.05) is 19.1 Å². The summed E-state index contributed by atoms with van der Waals surface area (Å²) in [5.41, 5.74) is 0.300. The van der Waals surface area contributed by atoms with Crippen molar-refractivity contribution < 1.29 is 33.5 Å². The van der Waals surface area contributed by atoms with Crippen molar-refractivity contribution in [2.24, 2.45) is 23.7 Å². The van der Waals surface area contributed by atoms with Crippen molar-refractivity contribution in [1.29, 1.82) is 0 Å². The van der Waals surface area contributed by atoms with E-state index in [0.717, 1.165) is 31.2 Å². The third-order valence-electron chi connectivity index (χ3n) is 8.20. The Balaban J connectivity index is 1.61. The van der Waals surface area contributed by atoms with Crippen LogP contribution < -0.4 is 14.2 Å². The fraction of sp³-hybridized carbons (Fsp3) is 0.750. The Hall–Kier alpha value is -1.54. The maximum absolute atomic E-state index is 6.77. The first-order chi connectivity index (χ1) is 14.9. The number of hydrogen-bond acceptors (Lipinski definition) is 7. The lowest BCUT2D eigenvalue weighted by Gasteiger charge is -2.60. The Morgan fingerprint density at radius 2 is 1.61 bits per heavy atom. The molecular formula is C24H34O7. The molecule has 1 unspecified atom stereocenters. The van der Waals surface area contributed by atoms with E-state index in [-0.39, 0.29) is 17.9 Å². The molecule has 4 aliphatic heterocycles. The first-order valence-electron chi connectivity index (χ1n) is 11.4. The average Bonchev–Trinajstić information content (AvgIpc) is 3.01. The van der Waals surface area contributed by atoms with Crippen LogP contribution in [0.25, 0.3) is 0 Å². The Labute approximate surface area is 184 Å². The summed E-state index contributed by atoms with van der Waals surface area (Å²) in [6.07, 6.45) is 3.24. The highest BCUT2D eigenvalue weighted by Gasteiger charge is 2.69. The fourth-order valence-electron chi connectivity index (χ4n) is 6.55. The van der Waals surface area contributed by atoms with E-state index in [4.69, 9.17) is 33.5 Å². The van der Waals surface area contributed by atoms with E-state index >= 15 is 0 Å². The predicted octanol–water partition coefficient (Wildman–Crippen LogP) is 4.64. The largest absolute Gasteiger partial charge is 0.496 e. The highest BCUT2D eigenvalue weighted by atomic mass is 17.3. The van der Waals surface area contributed by atoms with Crippen molar-refractivity contribution in [2.45, 2.75) is 70.2 Å². The van der Waals surface area contributed by atoms with Gasteiger partial charge in [0.25, 0.3) is 0 Å². The lowest BCUT2D eigenvalue weighted by atomic mass is 9.57. The topological polar surface area (TPSA) is 64.6 Å². The summed E-state index contributed by atoms with van der Waals surface area (Å²) < 4.78 is 30.2. The maximum atomic E-state index is 6.77. The Bertz CT molecular complexity index is 818. The Morgan fingerprint density at radius 3 is 2.26 bits per heavy atom. The molecule has 1 aromatic rings. The number of rotatable bonds is 4. The molecule has 0 N–H and O–H groups in total. The SMILES string of the molecule is COc1cc(OC)c([C@@H]2O[C@@H]3OC4(C)CC[C@H]5[C@H](C)CC[C@@H]([C@H]2C)[C@@]35OO4)c(OC)c1. The summed E-state index contributed by atoms with van der Waals surface area (Å²) in [6.45, 7) is 6.50. The van der Waals surface area contributed by atoms with Crippen molar-refractivity contribution in [3.63, 3.8) is 0 Å². The molecule has 0 radical (unpaired) electrons. The molecule has 1 saturated carbocycles. The zero-order chi connectivity index (χ0) is 22.0. The molecular weight excluding hydrogens is 400 g/mol. The molecule has 7 heteroatoms. The second kappa shape index (κ2) is 7.51. The molecule has 4 saturated heterocycles. The summed E-state index contributed by atoms with van der Waals surface area (Å²) >= 11 is 0. The van der Waals surface area contributed by atoms with Crippen LogP contribution in [0.2, 0.25) is 0 Å². The predicted molar refractivity (Wildman–Crippen MR) is 112 cm³/mol. The van der Waals surface area contributed by atoms with Crippen molar-refractivity contribution >= 4 is 0 Å². The van der Waals surface area contributed by atoms with Crippen LogP contribution in [0.15, 0.2) is 12.1 Å². The Morgan fingerprint density at radius 1 is 0.903 bits per heavy atom. The molecule has 0 aromatic heterocycles. The van der Waals surface area contributed by atoms with Gasteiger partial charge in [-0.1, -0.05) is 13.8 Å². The van der Waals surface area contributed by atoms with Gasteiger partial charge in [-0.3, -0.25) is 0 Å². The van der Waals surface area contributed by atoms with Gasteiger partial charge in [-0.15, -0.1) is 0 Å². The number of methoxy groups -OCH3 is 3. The van der Waals surface area contributed by atoms with Crippen LogP contribution in [0.1, 0.15) is 58.1 Å². The van der Waals surface area contributed by atoms with Crippen molar-refractivity contribution in [3.05, 3.63) is 17.7 Å². The normalized spacial score (nSPS) is 43.7. The van der Waals surface area contributed by atoms with Crippen LogP contribution in [0.4, 0.5) is 0 Å². The molecule has 7 nitrogen and oxygen atoms in total. The van der Waals surface area contributed by atoms with Crippen LogP contribution in [-0.2, 0) is 19.2 Å². The summed E-state index contributed by atoms with van der Waals surface area (Å²) in [4.78, 5) is 12.2. The third-order valence-corrected chi connectivity index (χ3v) is 8.20. The van der Waals surface area contributed by atoms with Gasteiger partial charge in [0.2, 0.25) is 5.79 Å². The standard InChI is InChI=1S/C24H34O7/c1-13-7-8-17-14(2)21(20-18(26-5)11-15(25-4)12-19(20)27-6)28-22-24(17)16(13)9-10-23(3,29-22)30-31-24/h11-14,16-17,21-22H,7-10H2,1-6H3/t13-,14-,16+,17+,21-,22-,23?,24-/m1/s1. The maximum Gasteiger partial charge on any atom is 0.201 e. The average molecular weight is 435 g/mol. The third kappa shape index (κ3) is 3.00. The van der Waals surface area contributed by atoms with Crippen molar-refractivity contribution in [1.82, 2.24) is 0 Å². The number of ether oxygens (including phenoxy) is 5. The lowest BCUT2D eigenvalue weighted by molar-refractivity contribution is -0.571. The highest BCUT2D eigenvalue weighted by Crippen LogP contribution is 2.63. The van der Waals surface area contributed by atoms with Crippen LogP contribution in [0, 0.1) is 23.7 Å². The zero-order valence-corrected chi connectivity index (χ0v) is 19.3. The summed E-state index contributed by atoms with van der Waals surface area (Å²) in [5.74, 6) is 2.51. The van der Waals surface area contributed by atoms with Gasteiger partial charge in [0.05, 0.1) is 33.0 Å². The monoisotopic (exact) mass is 434 g/mol. The number of hydrogen-bond donors (Lipinski definition) is 0. The molecule has 6 rings (SSSR count). The molecule has 172 valence electrons. The molecule has 0 amide bonds. The second-order valence-electron chi connectivity index (χ2n) is 9.77. The van der Waals surface area contributed by atoms with Gasteiger partial charge in [0.1, 0.15) is 17.2 Å². The number of fused-ring (bicyclic) bond motifs is 2. The molecule has 5 fully saturated rings. The zero-order valence-electron chi connectivity index (χ0n) is 19.3.